The number of carbonyl (C=O) groups excluding carboxylic acids is 1. The third-order valence-electron chi connectivity index (χ3n) is 4.97. The van der Waals surface area contributed by atoms with Gasteiger partial charge in [0.1, 0.15) is 5.75 Å². The Balaban J connectivity index is 1.50. The van der Waals surface area contributed by atoms with Gasteiger partial charge in [-0.2, -0.15) is 0 Å². The number of rotatable bonds is 7. The lowest BCUT2D eigenvalue weighted by Crippen LogP contribution is -2.41. The number of hydrogen-bond donors (Lipinski definition) is 2. The number of nitrogens with zero attached hydrogens (tertiary/aromatic N) is 1. The number of likely N-dealkylation sites (N-methyl/N-ethyl adjacent to an activating group) is 1. The molecule has 0 aliphatic heterocycles. The molecule has 132 valence electrons. The third-order valence-corrected chi connectivity index (χ3v) is 4.97. The van der Waals surface area contributed by atoms with Gasteiger partial charge in [-0.15, -0.1) is 0 Å². The lowest BCUT2D eigenvalue weighted by atomic mass is 10.2. The lowest BCUT2D eigenvalue weighted by Gasteiger charge is -2.22. The second kappa shape index (κ2) is 7.88. The van der Waals surface area contributed by atoms with Crippen LogP contribution in [0.4, 0.5) is 4.79 Å². The monoisotopic (exact) mass is 332 g/mol. The average Bonchev–Trinajstić information content (AvgIpc) is 3.32. The van der Waals surface area contributed by atoms with Gasteiger partial charge in [-0.05, 0) is 50.5 Å². The van der Waals surface area contributed by atoms with Crippen LogP contribution in [0.1, 0.15) is 44.1 Å². The number of para-hydroxylation sites is 1. The van der Waals surface area contributed by atoms with Crippen LogP contribution >= 0.6 is 0 Å². The first-order valence-electron chi connectivity index (χ1n) is 9.05. The molecule has 5 heteroatoms. The summed E-state index contributed by atoms with van der Waals surface area (Å²) in [7, 11) is 1.72. The van der Waals surface area contributed by atoms with Crippen LogP contribution in [-0.2, 0) is 6.54 Å². The van der Waals surface area contributed by atoms with E-state index in [1.165, 1.54) is 12.8 Å². The van der Waals surface area contributed by atoms with E-state index >= 15 is 0 Å². The van der Waals surface area contributed by atoms with Crippen molar-refractivity contribution in [3.8, 4) is 5.75 Å². The Bertz CT molecular complexity index is 553. The molecule has 2 N–H and O–H groups in total. The number of hydrogen-bond acceptors (Lipinski definition) is 3. The maximum Gasteiger partial charge on any atom is 0.317 e. The van der Waals surface area contributed by atoms with Crippen molar-refractivity contribution < 1.29 is 14.6 Å². The average molecular weight is 332 g/mol. The van der Waals surface area contributed by atoms with Crippen LogP contribution in [0.2, 0.25) is 0 Å². The van der Waals surface area contributed by atoms with Crippen LogP contribution in [0, 0.1) is 5.92 Å². The first-order valence-corrected chi connectivity index (χ1v) is 9.05. The van der Waals surface area contributed by atoms with Gasteiger partial charge < -0.3 is 20.1 Å². The zero-order valence-electron chi connectivity index (χ0n) is 14.4. The van der Waals surface area contributed by atoms with Crippen molar-refractivity contribution in [1.29, 1.82) is 0 Å². The molecule has 1 aromatic rings. The number of aliphatic hydroxyl groups excluding tert-OH is 1. The predicted molar refractivity (Wildman–Crippen MR) is 92.9 cm³/mol. The van der Waals surface area contributed by atoms with Gasteiger partial charge >= 0.3 is 6.03 Å². The van der Waals surface area contributed by atoms with Crippen molar-refractivity contribution >= 4 is 6.03 Å². The Hall–Kier alpha value is -1.75. The summed E-state index contributed by atoms with van der Waals surface area (Å²) in [5.74, 6) is 1.24. The van der Waals surface area contributed by atoms with Gasteiger partial charge in [0.2, 0.25) is 0 Å². The highest BCUT2D eigenvalue weighted by molar-refractivity contribution is 5.74. The Morgan fingerprint density at radius 1 is 1.29 bits per heavy atom. The van der Waals surface area contributed by atoms with Gasteiger partial charge in [0, 0.05) is 25.7 Å². The van der Waals surface area contributed by atoms with Crippen LogP contribution < -0.4 is 10.1 Å². The molecule has 0 spiro atoms. The molecule has 2 aliphatic rings. The smallest absolute Gasteiger partial charge is 0.317 e. The van der Waals surface area contributed by atoms with Gasteiger partial charge in [0.05, 0.1) is 12.2 Å². The summed E-state index contributed by atoms with van der Waals surface area (Å²) in [5.41, 5.74) is 0.994. The summed E-state index contributed by atoms with van der Waals surface area (Å²) in [6.07, 6.45) is 6.74. The lowest BCUT2D eigenvalue weighted by molar-refractivity contribution is 0.113. The van der Waals surface area contributed by atoms with Crippen LogP contribution in [0.3, 0.4) is 0 Å². The highest BCUT2D eigenvalue weighted by Gasteiger charge is 2.31. The predicted octanol–water partition coefficient (Wildman–Crippen LogP) is 2.92. The highest BCUT2D eigenvalue weighted by Crippen LogP contribution is 2.32. The van der Waals surface area contributed by atoms with Crippen LogP contribution in [-0.4, -0.2) is 41.8 Å². The van der Waals surface area contributed by atoms with E-state index in [1.807, 2.05) is 24.3 Å². The number of urea groups is 1. The molecule has 0 aromatic heterocycles. The molecule has 0 bridgehead atoms. The fourth-order valence-corrected chi connectivity index (χ4v) is 3.25. The van der Waals surface area contributed by atoms with Crippen molar-refractivity contribution in [3.05, 3.63) is 29.8 Å². The Labute approximate surface area is 144 Å². The maximum absolute atomic E-state index is 12.2. The first kappa shape index (κ1) is 17.1. The molecule has 24 heavy (non-hydrogen) atoms. The molecule has 1 aromatic carbocycles. The molecule has 0 heterocycles. The van der Waals surface area contributed by atoms with E-state index in [-0.39, 0.29) is 6.03 Å². The Morgan fingerprint density at radius 3 is 2.71 bits per heavy atom. The SMILES string of the molecule is CN(CC(O)C1CC1)C(=O)NCc1ccccc1OC1CCCC1. The third kappa shape index (κ3) is 4.63. The minimum Gasteiger partial charge on any atom is -0.490 e. The number of carbonyl (C=O) groups is 1. The largest absolute Gasteiger partial charge is 0.490 e. The van der Waals surface area contributed by atoms with Gasteiger partial charge in [-0.1, -0.05) is 18.2 Å². The van der Waals surface area contributed by atoms with Gasteiger partial charge in [-0.25, -0.2) is 4.79 Å². The molecule has 0 saturated heterocycles. The molecule has 2 fully saturated rings. The minimum atomic E-state index is -0.404. The number of amides is 2. The summed E-state index contributed by atoms with van der Waals surface area (Å²) in [4.78, 5) is 13.8. The number of aliphatic hydroxyl groups is 1. The minimum absolute atomic E-state index is 0.162. The maximum atomic E-state index is 12.2. The van der Waals surface area contributed by atoms with E-state index in [4.69, 9.17) is 4.74 Å². The van der Waals surface area contributed by atoms with E-state index in [1.54, 1.807) is 11.9 Å². The molecule has 0 radical (unpaired) electrons. The van der Waals surface area contributed by atoms with Crippen LogP contribution in [0.5, 0.6) is 5.75 Å². The van der Waals surface area contributed by atoms with Crippen LogP contribution in [0.15, 0.2) is 24.3 Å². The number of ether oxygens (including phenoxy) is 1. The van der Waals surface area contributed by atoms with Gasteiger partial charge in [0.15, 0.2) is 0 Å². The molecule has 3 rings (SSSR count). The zero-order valence-corrected chi connectivity index (χ0v) is 14.4. The molecule has 2 saturated carbocycles. The topological polar surface area (TPSA) is 61.8 Å². The molecule has 2 aliphatic carbocycles. The van der Waals surface area contributed by atoms with E-state index in [0.29, 0.717) is 25.1 Å². The van der Waals surface area contributed by atoms with E-state index in [0.717, 1.165) is 37.0 Å². The first-order chi connectivity index (χ1) is 11.6. The molecule has 1 atom stereocenters. The quantitative estimate of drug-likeness (QED) is 0.807. The van der Waals surface area contributed by atoms with E-state index in [2.05, 4.69) is 5.32 Å². The summed E-state index contributed by atoms with van der Waals surface area (Å²) in [5, 5.41) is 12.9. The Kier molecular flexibility index (Phi) is 5.61. The molecule has 1 unspecified atom stereocenters. The Morgan fingerprint density at radius 2 is 2.00 bits per heavy atom. The normalized spacial score (nSPS) is 19.1. The second-order valence-electron chi connectivity index (χ2n) is 7.08. The van der Waals surface area contributed by atoms with Crippen molar-refractivity contribution in [3.63, 3.8) is 0 Å². The highest BCUT2D eigenvalue weighted by atomic mass is 16.5. The van der Waals surface area contributed by atoms with Crippen LogP contribution in [0.25, 0.3) is 0 Å². The zero-order chi connectivity index (χ0) is 16.9. The summed E-state index contributed by atoms with van der Waals surface area (Å²) < 4.78 is 6.10. The standard InChI is InChI=1S/C19H28N2O3/c1-21(13-17(22)14-10-11-14)19(23)20-12-15-6-2-5-9-18(15)24-16-7-3-4-8-16/h2,5-6,9,14,16-17,22H,3-4,7-8,10-13H2,1H3,(H,20,23). The van der Waals surface area contributed by atoms with E-state index < -0.39 is 6.10 Å². The van der Waals surface area contributed by atoms with Crippen molar-refractivity contribution in [1.82, 2.24) is 10.2 Å². The summed E-state index contributed by atoms with van der Waals surface area (Å²) in [6, 6.07) is 7.73. The molecule has 2 amide bonds. The summed E-state index contributed by atoms with van der Waals surface area (Å²) >= 11 is 0. The molecular weight excluding hydrogens is 304 g/mol. The summed E-state index contributed by atoms with van der Waals surface area (Å²) in [6.45, 7) is 0.822. The van der Waals surface area contributed by atoms with Gasteiger partial charge in [0.25, 0.3) is 0 Å². The fourth-order valence-electron chi connectivity index (χ4n) is 3.25. The second-order valence-corrected chi connectivity index (χ2v) is 7.08. The number of benzene rings is 1. The van der Waals surface area contributed by atoms with Gasteiger partial charge in [-0.3, -0.25) is 0 Å². The van der Waals surface area contributed by atoms with E-state index in [9.17, 15) is 9.90 Å². The van der Waals surface area contributed by atoms with Crippen molar-refractivity contribution in [2.45, 2.75) is 57.3 Å². The molecule has 5 nitrogen and oxygen atoms in total. The van der Waals surface area contributed by atoms with Crippen molar-refractivity contribution in [2.24, 2.45) is 5.92 Å². The fraction of sp³-hybridized carbons (Fsp3) is 0.632. The molecular formula is C19H28N2O3. The van der Waals surface area contributed by atoms with Crippen molar-refractivity contribution in [2.75, 3.05) is 13.6 Å². The number of nitrogens with one attached hydrogen (secondary N) is 1.